The molecule has 4 nitrogen and oxygen atoms in total. The summed E-state index contributed by atoms with van der Waals surface area (Å²) >= 11 is 19.7. The van der Waals surface area contributed by atoms with E-state index in [1.54, 1.807) is 23.1 Å². The Balaban J connectivity index is 1.79. The molecule has 1 fully saturated rings. The lowest BCUT2D eigenvalue weighted by Gasteiger charge is -2.34. The van der Waals surface area contributed by atoms with E-state index >= 15 is 0 Å². The molecule has 2 amide bonds. The summed E-state index contributed by atoms with van der Waals surface area (Å²) in [5.41, 5.74) is 5.36. The van der Waals surface area contributed by atoms with Crippen molar-refractivity contribution in [3.63, 3.8) is 0 Å². The number of benzene rings is 3. The highest BCUT2D eigenvalue weighted by molar-refractivity contribution is 6.40. The van der Waals surface area contributed by atoms with Gasteiger partial charge in [0, 0.05) is 35.2 Å². The Hall–Kier alpha value is -2.24. The minimum atomic E-state index is -0.257. The minimum Gasteiger partial charge on any atom is -0.333 e. The zero-order valence-corrected chi connectivity index (χ0v) is 19.7. The van der Waals surface area contributed by atoms with Crippen LogP contribution in [0.3, 0.4) is 0 Å². The van der Waals surface area contributed by atoms with Gasteiger partial charge in [0.15, 0.2) is 0 Å². The predicted octanol–water partition coefficient (Wildman–Crippen LogP) is 7.00. The molecule has 3 aromatic carbocycles. The van der Waals surface area contributed by atoms with E-state index in [-0.39, 0.29) is 6.03 Å². The van der Waals surface area contributed by atoms with Gasteiger partial charge in [-0.25, -0.2) is 4.79 Å². The molecule has 1 saturated heterocycles. The van der Waals surface area contributed by atoms with Crippen LogP contribution < -0.4 is 15.5 Å². The van der Waals surface area contributed by atoms with Crippen LogP contribution in [0.25, 0.3) is 11.1 Å². The lowest BCUT2D eigenvalue weighted by atomic mass is 9.85. The maximum atomic E-state index is 13.1. The second-order valence-corrected chi connectivity index (χ2v) is 9.57. The fourth-order valence-corrected chi connectivity index (χ4v) is 5.54. The molecule has 7 heteroatoms. The lowest BCUT2D eigenvalue weighted by Crippen LogP contribution is -2.41. The van der Waals surface area contributed by atoms with Crippen LogP contribution in [0.5, 0.6) is 0 Å². The van der Waals surface area contributed by atoms with Gasteiger partial charge in [-0.3, -0.25) is 4.90 Å². The molecule has 2 aliphatic heterocycles. The summed E-state index contributed by atoms with van der Waals surface area (Å²) in [6.45, 7) is 4.49. The monoisotopic (exact) mass is 485 g/mol. The van der Waals surface area contributed by atoms with Gasteiger partial charge in [-0.2, -0.15) is 0 Å². The molecule has 0 saturated carbocycles. The summed E-state index contributed by atoms with van der Waals surface area (Å²) in [6, 6.07) is 17.1. The summed E-state index contributed by atoms with van der Waals surface area (Å²) in [4.78, 5) is 14.7. The molecule has 0 bridgehead atoms. The Morgan fingerprint density at radius 1 is 0.906 bits per heavy atom. The number of hydrogen-bond acceptors (Lipinski definition) is 2. The van der Waals surface area contributed by atoms with Gasteiger partial charge in [0.2, 0.25) is 0 Å². The number of urea groups is 1. The van der Waals surface area contributed by atoms with Crippen LogP contribution in [0.2, 0.25) is 15.1 Å². The van der Waals surface area contributed by atoms with Crippen molar-refractivity contribution < 1.29 is 4.79 Å². The van der Waals surface area contributed by atoms with E-state index in [0.29, 0.717) is 39.1 Å². The van der Waals surface area contributed by atoms with Crippen molar-refractivity contribution >= 4 is 52.2 Å². The summed E-state index contributed by atoms with van der Waals surface area (Å²) in [7, 11) is 0. The van der Waals surface area contributed by atoms with Gasteiger partial charge in [-0.15, -0.1) is 0 Å². The number of rotatable bonds is 3. The van der Waals surface area contributed by atoms with E-state index in [1.165, 1.54) is 5.56 Å². The highest BCUT2D eigenvalue weighted by Crippen LogP contribution is 2.46. The molecule has 2 heterocycles. The van der Waals surface area contributed by atoms with Crippen LogP contribution in [0.15, 0.2) is 54.6 Å². The van der Waals surface area contributed by atoms with Gasteiger partial charge in [0.1, 0.15) is 0 Å². The van der Waals surface area contributed by atoms with Crippen molar-refractivity contribution in [2.45, 2.75) is 19.4 Å². The van der Waals surface area contributed by atoms with Crippen molar-refractivity contribution in [2.75, 3.05) is 18.0 Å². The molecular formula is C25H22Cl3N3O. The van der Waals surface area contributed by atoms with Crippen LogP contribution in [0.1, 0.15) is 24.0 Å². The van der Waals surface area contributed by atoms with Gasteiger partial charge in [-0.1, -0.05) is 72.1 Å². The van der Waals surface area contributed by atoms with E-state index in [2.05, 4.69) is 29.7 Å². The first-order valence-electron chi connectivity index (χ1n) is 10.6. The molecule has 3 aromatic rings. The van der Waals surface area contributed by atoms with Gasteiger partial charge in [-0.05, 0) is 47.9 Å². The van der Waals surface area contributed by atoms with Gasteiger partial charge in [0.05, 0.1) is 21.4 Å². The summed E-state index contributed by atoms with van der Waals surface area (Å²) in [5.74, 6) is 0.803. The molecule has 1 unspecified atom stereocenters. The Kier molecular flexibility index (Phi) is 5.81. The molecule has 2 N–H and O–H groups in total. The molecule has 164 valence electrons. The number of nitrogens with one attached hydrogen (secondary N) is 2. The van der Waals surface area contributed by atoms with Crippen molar-refractivity contribution in [1.82, 2.24) is 10.6 Å². The van der Waals surface area contributed by atoms with Gasteiger partial charge < -0.3 is 10.6 Å². The number of hydrogen-bond donors (Lipinski definition) is 2. The third-order valence-electron chi connectivity index (χ3n) is 6.38. The number of carbonyl (C=O) groups excluding carboxylic acids is 1. The number of halogens is 3. The quantitative estimate of drug-likeness (QED) is 0.419. The molecule has 0 spiro atoms. The van der Waals surface area contributed by atoms with E-state index in [9.17, 15) is 4.79 Å². The molecular weight excluding hydrogens is 465 g/mol. The molecule has 32 heavy (non-hydrogen) atoms. The van der Waals surface area contributed by atoms with Gasteiger partial charge in [0.25, 0.3) is 0 Å². The number of para-hydroxylation sites is 1. The molecule has 5 rings (SSSR count). The summed E-state index contributed by atoms with van der Waals surface area (Å²) in [6.07, 6.45) is 0. The Morgan fingerprint density at radius 2 is 1.62 bits per heavy atom. The third kappa shape index (κ3) is 3.65. The van der Waals surface area contributed by atoms with Crippen molar-refractivity contribution in [3.8, 4) is 11.1 Å². The second-order valence-electron chi connectivity index (χ2n) is 8.35. The fourth-order valence-electron chi connectivity index (χ4n) is 4.73. The van der Waals surface area contributed by atoms with E-state index in [4.69, 9.17) is 34.8 Å². The zero-order chi connectivity index (χ0) is 22.4. The SMILES string of the molecule is C[C@H]1CNCC1c1cc(-c2ccccc2Cl)c2c(c1)N(c1c(Cl)cccc1Cl)C(=O)NC2. The van der Waals surface area contributed by atoms with Crippen LogP contribution in [-0.4, -0.2) is 19.1 Å². The summed E-state index contributed by atoms with van der Waals surface area (Å²) in [5, 5.41) is 7.97. The van der Waals surface area contributed by atoms with E-state index in [1.807, 2.05) is 24.3 Å². The highest BCUT2D eigenvalue weighted by Gasteiger charge is 2.33. The normalized spacial score (nSPS) is 20.2. The molecule has 0 aliphatic carbocycles. The van der Waals surface area contributed by atoms with Crippen LogP contribution in [0, 0.1) is 5.92 Å². The largest absolute Gasteiger partial charge is 0.333 e. The standard InChI is InChI=1S/C25H22Cl3N3O/c1-14-11-29-12-18(14)15-9-17(16-5-2-3-6-20(16)26)19-13-30-25(32)31(23(19)10-15)24-21(27)7-4-8-22(24)28/h2-10,14,18,29H,11-13H2,1H3,(H,30,32)/t14-,18?/m0/s1. The maximum absolute atomic E-state index is 13.1. The number of carbonyl (C=O) groups is 1. The first-order valence-corrected chi connectivity index (χ1v) is 11.7. The smallest absolute Gasteiger partial charge is 0.326 e. The van der Waals surface area contributed by atoms with Crippen molar-refractivity contribution in [1.29, 1.82) is 0 Å². The van der Waals surface area contributed by atoms with Crippen molar-refractivity contribution in [2.24, 2.45) is 5.92 Å². The van der Waals surface area contributed by atoms with Crippen LogP contribution >= 0.6 is 34.8 Å². The molecule has 0 aromatic heterocycles. The Bertz CT molecular complexity index is 1190. The first kappa shape index (κ1) is 21.6. The number of anilines is 2. The average molecular weight is 487 g/mol. The molecule has 2 aliphatic rings. The first-order chi connectivity index (χ1) is 15.5. The summed E-state index contributed by atoms with van der Waals surface area (Å²) < 4.78 is 0. The van der Waals surface area contributed by atoms with Crippen LogP contribution in [-0.2, 0) is 6.54 Å². The highest BCUT2D eigenvalue weighted by atomic mass is 35.5. The average Bonchev–Trinajstić information content (AvgIpc) is 3.20. The van der Waals surface area contributed by atoms with Crippen molar-refractivity contribution in [3.05, 3.63) is 80.8 Å². The number of fused-ring (bicyclic) bond motifs is 1. The fraction of sp³-hybridized carbons (Fsp3) is 0.240. The minimum absolute atomic E-state index is 0.257. The topological polar surface area (TPSA) is 44.4 Å². The Labute approximate surface area is 202 Å². The number of amides is 2. The maximum Gasteiger partial charge on any atom is 0.326 e. The number of nitrogens with zero attached hydrogens (tertiary/aromatic N) is 1. The third-order valence-corrected chi connectivity index (χ3v) is 7.32. The zero-order valence-electron chi connectivity index (χ0n) is 17.5. The van der Waals surface area contributed by atoms with E-state index in [0.717, 1.165) is 35.5 Å². The second kappa shape index (κ2) is 8.60. The van der Waals surface area contributed by atoms with Gasteiger partial charge >= 0.3 is 6.03 Å². The molecule has 2 atom stereocenters. The lowest BCUT2D eigenvalue weighted by molar-refractivity contribution is 0.247. The predicted molar refractivity (Wildman–Crippen MR) is 132 cm³/mol. The Morgan fingerprint density at radius 3 is 2.31 bits per heavy atom. The van der Waals surface area contributed by atoms with Crippen LogP contribution in [0.4, 0.5) is 16.2 Å². The molecule has 0 radical (unpaired) electrons. The van der Waals surface area contributed by atoms with E-state index < -0.39 is 0 Å².